The van der Waals surface area contributed by atoms with Crippen molar-refractivity contribution in [2.75, 3.05) is 0 Å². The van der Waals surface area contributed by atoms with E-state index in [2.05, 4.69) is 41.6 Å². The van der Waals surface area contributed by atoms with Gasteiger partial charge < -0.3 is 5.32 Å². The number of carbonyl (C=O) groups excluding carboxylic acids is 1. The highest BCUT2D eigenvalue weighted by Gasteiger charge is 2.33. The lowest BCUT2D eigenvalue weighted by atomic mass is 10.0. The third-order valence-corrected chi connectivity index (χ3v) is 4.79. The Bertz CT molecular complexity index is 767. The molecular formula is C20H25N3O. The highest BCUT2D eigenvalue weighted by Crippen LogP contribution is 2.41. The van der Waals surface area contributed by atoms with Gasteiger partial charge in [0.15, 0.2) is 0 Å². The number of aryl methyl sites for hydroxylation is 3. The highest BCUT2D eigenvalue weighted by molar-refractivity contribution is 5.92. The SMILES string of the molecule is Cc1ccc(C(NC(=O)/C=C/c2c(C)nn(C)c2C)C2CC2)cc1. The van der Waals surface area contributed by atoms with E-state index in [-0.39, 0.29) is 11.9 Å². The second-order valence-electron chi connectivity index (χ2n) is 6.78. The van der Waals surface area contributed by atoms with Crippen LogP contribution in [0.3, 0.4) is 0 Å². The van der Waals surface area contributed by atoms with Gasteiger partial charge in [0.2, 0.25) is 5.91 Å². The Hall–Kier alpha value is -2.36. The molecule has 4 heteroatoms. The number of nitrogens with zero attached hydrogens (tertiary/aromatic N) is 2. The molecule has 0 radical (unpaired) electrons. The molecule has 1 atom stereocenters. The van der Waals surface area contributed by atoms with E-state index in [0.29, 0.717) is 5.92 Å². The third kappa shape index (κ3) is 3.58. The lowest BCUT2D eigenvalue weighted by molar-refractivity contribution is -0.117. The van der Waals surface area contributed by atoms with Crippen LogP contribution in [0.25, 0.3) is 6.08 Å². The molecule has 1 saturated carbocycles. The van der Waals surface area contributed by atoms with Gasteiger partial charge in [-0.25, -0.2) is 0 Å². The average molecular weight is 323 g/mol. The molecule has 1 heterocycles. The van der Waals surface area contributed by atoms with E-state index < -0.39 is 0 Å². The molecule has 126 valence electrons. The molecule has 24 heavy (non-hydrogen) atoms. The van der Waals surface area contributed by atoms with Gasteiger partial charge in [0.05, 0.1) is 11.7 Å². The van der Waals surface area contributed by atoms with Crippen molar-refractivity contribution in [3.8, 4) is 0 Å². The summed E-state index contributed by atoms with van der Waals surface area (Å²) >= 11 is 0. The molecule has 0 spiro atoms. The molecule has 1 amide bonds. The van der Waals surface area contributed by atoms with Crippen molar-refractivity contribution in [3.63, 3.8) is 0 Å². The van der Waals surface area contributed by atoms with Gasteiger partial charge in [-0.1, -0.05) is 29.8 Å². The van der Waals surface area contributed by atoms with Crippen LogP contribution in [-0.2, 0) is 11.8 Å². The fraction of sp³-hybridized carbons (Fsp3) is 0.400. The number of hydrogen-bond donors (Lipinski definition) is 1. The molecule has 1 aliphatic carbocycles. The minimum atomic E-state index is -0.0462. The van der Waals surface area contributed by atoms with Crippen LogP contribution in [0.1, 0.15) is 47.0 Å². The summed E-state index contributed by atoms with van der Waals surface area (Å²) in [4.78, 5) is 12.4. The molecule has 1 N–H and O–H groups in total. The van der Waals surface area contributed by atoms with Crippen molar-refractivity contribution in [2.45, 2.75) is 39.7 Å². The minimum Gasteiger partial charge on any atom is -0.345 e. The normalized spacial score (nSPS) is 15.7. The van der Waals surface area contributed by atoms with Gasteiger partial charge in [-0.2, -0.15) is 5.10 Å². The van der Waals surface area contributed by atoms with Crippen LogP contribution >= 0.6 is 0 Å². The Morgan fingerprint density at radius 2 is 1.92 bits per heavy atom. The van der Waals surface area contributed by atoms with Gasteiger partial charge in [-0.15, -0.1) is 0 Å². The Morgan fingerprint density at radius 3 is 2.46 bits per heavy atom. The third-order valence-electron chi connectivity index (χ3n) is 4.79. The highest BCUT2D eigenvalue weighted by atomic mass is 16.1. The first-order valence-electron chi connectivity index (χ1n) is 8.51. The summed E-state index contributed by atoms with van der Waals surface area (Å²) in [7, 11) is 1.92. The summed E-state index contributed by atoms with van der Waals surface area (Å²) in [5.74, 6) is 0.516. The number of rotatable bonds is 5. The molecule has 4 nitrogen and oxygen atoms in total. The fourth-order valence-corrected chi connectivity index (χ4v) is 3.07. The maximum absolute atomic E-state index is 12.4. The minimum absolute atomic E-state index is 0.0462. The topological polar surface area (TPSA) is 46.9 Å². The Labute approximate surface area is 143 Å². The van der Waals surface area contributed by atoms with E-state index in [9.17, 15) is 4.79 Å². The van der Waals surface area contributed by atoms with Crippen LogP contribution in [0.15, 0.2) is 30.3 Å². The van der Waals surface area contributed by atoms with Gasteiger partial charge in [-0.05, 0) is 51.2 Å². The summed E-state index contributed by atoms with van der Waals surface area (Å²) in [5.41, 5.74) is 5.46. The van der Waals surface area contributed by atoms with Crippen LogP contribution in [0.2, 0.25) is 0 Å². The summed E-state index contributed by atoms with van der Waals surface area (Å²) in [6.07, 6.45) is 5.86. The Morgan fingerprint density at radius 1 is 1.25 bits per heavy atom. The fourth-order valence-electron chi connectivity index (χ4n) is 3.07. The molecule has 0 saturated heterocycles. The largest absolute Gasteiger partial charge is 0.345 e. The predicted molar refractivity (Wildman–Crippen MR) is 96.5 cm³/mol. The molecule has 1 aromatic carbocycles. The van der Waals surface area contributed by atoms with Gasteiger partial charge in [0.1, 0.15) is 0 Å². The van der Waals surface area contributed by atoms with Gasteiger partial charge >= 0.3 is 0 Å². The van der Waals surface area contributed by atoms with E-state index >= 15 is 0 Å². The van der Waals surface area contributed by atoms with Crippen molar-refractivity contribution in [1.29, 1.82) is 0 Å². The standard InChI is InChI=1S/C20H25N3O/c1-13-5-7-16(8-6-13)20(17-9-10-17)21-19(24)12-11-18-14(2)22-23(4)15(18)3/h5-8,11-12,17,20H,9-10H2,1-4H3,(H,21,24)/b12-11+. The maximum atomic E-state index is 12.4. The van der Waals surface area contributed by atoms with Gasteiger partial charge in [0.25, 0.3) is 0 Å². The lowest BCUT2D eigenvalue weighted by Gasteiger charge is -2.18. The number of nitrogens with one attached hydrogen (secondary N) is 1. The van der Waals surface area contributed by atoms with Crippen molar-refractivity contribution in [2.24, 2.45) is 13.0 Å². The van der Waals surface area contributed by atoms with E-state index in [4.69, 9.17) is 0 Å². The predicted octanol–water partition coefficient (Wildman–Crippen LogP) is 3.63. The van der Waals surface area contributed by atoms with Crippen LogP contribution < -0.4 is 5.32 Å². The molecule has 0 aliphatic heterocycles. The van der Waals surface area contributed by atoms with E-state index in [1.165, 1.54) is 24.0 Å². The number of carbonyl (C=O) groups is 1. The summed E-state index contributed by atoms with van der Waals surface area (Å²) in [6.45, 7) is 6.05. The monoisotopic (exact) mass is 323 g/mol. The van der Waals surface area contributed by atoms with Crippen molar-refractivity contribution in [1.82, 2.24) is 15.1 Å². The van der Waals surface area contributed by atoms with Crippen LogP contribution in [0.4, 0.5) is 0 Å². The van der Waals surface area contributed by atoms with Crippen molar-refractivity contribution >= 4 is 12.0 Å². The number of benzene rings is 1. The van der Waals surface area contributed by atoms with Crippen molar-refractivity contribution < 1.29 is 4.79 Å². The first-order valence-corrected chi connectivity index (χ1v) is 8.51. The zero-order chi connectivity index (χ0) is 17.3. The average Bonchev–Trinajstić information content (AvgIpc) is 3.34. The van der Waals surface area contributed by atoms with Crippen LogP contribution in [0, 0.1) is 26.7 Å². The second kappa shape index (κ2) is 6.63. The van der Waals surface area contributed by atoms with E-state index in [1.807, 2.05) is 31.7 Å². The quantitative estimate of drug-likeness (QED) is 0.854. The maximum Gasteiger partial charge on any atom is 0.244 e. The van der Waals surface area contributed by atoms with Gasteiger partial charge in [0, 0.05) is 24.4 Å². The molecule has 3 rings (SSSR count). The molecule has 1 unspecified atom stereocenters. The molecule has 2 aromatic rings. The summed E-state index contributed by atoms with van der Waals surface area (Å²) in [6, 6.07) is 8.57. The molecule has 0 bridgehead atoms. The summed E-state index contributed by atoms with van der Waals surface area (Å²) < 4.78 is 1.84. The zero-order valence-electron chi connectivity index (χ0n) is 14.8. The molecule has 1 aliphatic rings. The first-order chi connectivity index (χ1) is 11.5. The second-order valence-corrected chi connectivity index (χ2v) is 6.78. The number of hydrogen-bond acceptors (Lipinski definition) is 2. The Balaban J connectivity index is 1.72. The first kappa shape index (κ1) is 16.5. The van der Waals surface area contributed by atoms with E-state index in [0.717, 1.165) is 17.0 Å². The summed E-state index contributed by atoms with van der Waals surface area (Å²) in [5, 5.41) is 7.55. The van der Waals surface area contributed by atoms with Gasteiger partial charge in [-0.3, -0.25) is 9.48 Å². The smallest absolute Gasteiger partial charge is 0.244 e. The number of amides is 1. The molecular weight excluding hydrogens is 298 g/mol. The van der Waals surface area contributed by atoms with Crippen LogP contribution in [0.5, 0.6) is 0 Å². The zero-order valence-corrected chi connectivity index (χ0v) is 14.8. The number of aromatic nitrogens is 2. The Kier molecular flexibility index (Phi) is 4.56. The van der Waals surface area contributed by atoms with Crippen molar-refractivity contribution in [3.05, 3.63) is 58.4 Å². The molecule has 1 fully saturated rings. The lowest BCUT2D eigenvalue weighted by Crippen LogP contribution is -2.28. The van der Waals surface area contributed by atoms with Crippen LogP contribution in [-0.4, -0.2) is 15.7 Å². The molecule has 1 aromatic heterocycles. The van der Waals surface area contributed by atoms with E-state index in [1.54, 1.807) is 6.08 Å².